The van der Waals surface area contributed by atoms with Gasteiger partial charge in [0.2, 0.25) is 0 Å². The number of nitriles is 1. The van der Waals surface area contributed by atoms with E-state index in [1.165, 1.54) is 57.8 Å². The van der Waals surface area contributed by atoms with Crippen molar-refractivity contribution in [2.24, 2.45) is 0 Å². The van der Waals surface area contributed by atoms with Crippen LogP contribution in [0.4, 0.5) is 0 Å². The lowest BCUT2D eigenvalue weighted by Gasteiger charge is -2.21. The lowest BCUT2D eigenvalue weighted by molar-refractivity contribution is -0.118. The average molecular weight is 362 g/mol. The third-order valence-electron chi connectivity index (χ3n) is 5.14. The summed E-state index contributed by atoms with van der Waals surface area (Å²) in [4.78, 5) is 14.7. The molecule has 0 bridgehead atoms. The van der Waals surface area contributed by atoms with Crippen LogP contribution in [0, 0.1) is 11.3 Å². The van der Waals surface area contributed by atoms with Crippen LogP contribution in [0.25, 0.3) is 0 Å². The SMILES string of the molecule is CCCN(/C=C(/C#N)C(=O)NC1CCCCCCCCCCC1)CCC. The molecular weight excluding hydrogens is 322 g/mol. The summed E-state index contributed by atoms with van der Waals surface area (Å²) in [5.41, 5.74) is 0.248. The first-order chi connectivity index (χ1) is 12.7. The zero-order chi connectivity index (χ0) is 19.0. The maximum Gasteiger partial charge on any atom is 0.263 e. The normalized spacial score (nSPS) is 18.3. The van der Waals surface area contributed by atoms with Gasteiger partial charge in [0.05, 0.1) is 0 Å². The molecule has 1 saturated carbocycles. The second-order valence-electron chi connectivity index (χ2n) is 7.62. The summed E-state index contributed by atoms with van der Waals surface area (Å²) >= 11 is 0. The minimum Gasteiger partial charge on any atom is -0.376 e. The zero-order valence-electron chi connectivity index (χ0n) is 17.1. The number of nitrogens with one attached hydrogen (secondary N) is 1. The van der Waals surface area contributed by atoms with Crippen molar-refractivity contribution in [2.45, 2.75) is 103 Å². The zero-order valence-corrected chi connectivity index (χ0v) is 17.1. The number of hydrogen-bond acceptors (Lipinski definition) is 3. The van der Waals surface area contributed by atoms with Crippen LogP contribution in [0.1, 0.15) is 97.3 Å². The van der Waals surface area contributed by atoms with Crippen molar-refractivity contribution in [1.82, 2.24) is 10.2 Å². The van der Waals surface area contributed by atoms with Gasteiger partial charge in [0.1, 0.15) is 11.6 Å². The Hall–Kier alpha value is -1.50. The summed E-state index contributed by atoms with van der Waals surface area (Å²) in [6.07, 6.45) is 17.4. The summed E-state index contributed by atoms with van der Waals surface area (Å²) in [6.45, 7) is 6.01. The first kappa shape index (κ1) is 22.5. The van der Waals surface area contributed by atoms with E-state index in [1.54, 1.807) is 6.20 Å². The molecule has 148 valence electrons. The van der Waals surface area contributed by atoms with Crippen molar-refractivity contribution in [1.29, 1.82) is 5.26 Å². The second-order valence-corrected chi connectivity index (χ2v) is 7.62. The largest absolute Gasteiger partial charge is 0.376 e. The summed E-state index contributed by atoms with van der Waals surface area (Å²) in [5, 5.41) is 12.6. The molecule has 0 saturated heterocycles. The molecule has 0 radical (unpaired) electrons. The quantitative estimate of drug-likeness (QED) is 0.494. The molecule has 1 rings (SSSR count). The van der Waals surface area contributed by atoms with Crippen LogP contribution >= 0.6 is 0 Å². The van der Waals surface area contributed by atoms with Crippen molar-refractivity contribution < 1.29 is 4.79 Å². The molecule has 1 aliphatic rings. The lowest BCUT2D eigenvalue weighted by atomic mass is 9.97. The Balaban J connectivity index is 2.64. The molecule has 0 unspecified atom stereocenters. The van der Waals surface area contributed by atoms with Gasteiger partial charge in [-0.1, -0.05) is 71.6 Å². The van der Waals surface area contributed by atoms with E-state index in [0.29, 0.717) is 0 Å². The van der Waals surface area contributed by atoms with Gasteiger partial charge >= 0.3 is 0 Å². The number of nitrogens with zero attached hydrogens (tertiary/aromatic N) is 2. The Labute approximate surface area is 161 Å². The highest BCUT2D eigenvalue weighted by atomic mass is 16.1. The van der Waals surface area contributed by atoms with Gasteiger partial charge in [0.15, 0.2) is 0 Å². The van der Waals surface area contributed by atoms with E-state index in [-0.39, 0.29) is 17.5 Å². The third kappa shape index (κ3) is 9.85. The van der Waals surface area contributed by atoms with Crippen molar-refractivity contribution >= 4 is 5.91 Å². The van der Waals surface area contributed by atoms with Gasteiger partial charge in [-0.15, -0.1) is 0 Å². The fourth-order valence-corrected chi connectivity index (χ4v) is 3.71. The molecule has 26 heavy (non-hydrogen) atoms. The van der Waals surface area contributed by atoms with Crippen molar-refractivity contribution in [3.8, 4) is 6.07 Å². The van der Waals surface area contributed by atoms with Gasteiger partial charge in [-0.2, -0.15) is 5.26 Å². The van der Waals surface area contributed by atoms with Gasteiger partial charge in [-0.25, -0.2) is 0 Å². The standard InChI is InChI=1S/C22H39N3O/c1-3-16-25(17-4-2)19-20(18-23)22(26)24-21-14-12-10-8-6-5-7-9-11-13-15-21/h19,21H,3-17H2,1-2H3,(H,24,26)/b20-19-. The van der Waals surface area contributed by atoms with E-state index >= 15 is 0 Å². The maximum absolute atomic E-state index is 12.6. The van der Waals surface area contributed by atoms with Crippen molar-refractivity contribution in [3.63, 3.8) is 0 Å². The molecule has 1 N–H and O–H groups in total. The van der Waals surface area contributed by atoms with Gasteiger partial charge < -0.3 is 10.2 Å². The molecule has 1 amide bonds. The van der Waals surface area contributed by atoms with Crippen LogP contribution < -0.4 is 5.32 Å². The van der Waals surface area contributed by atoms with E-state index in [0.717, 1.165) is 38.8 Å². The van der Waals surface area contributed by atoms with Crippen LogP contribution in [0.5, 0.6) is 0 Å². The summed E-state index contributed by atoms with van der Waals surface area (Å²) in [5.74, 6) is -0.193. The number of amides is 1. The molecule has 0 spiro atoms. The molecule has 0 aromatic heterocycles. The molecule has 1 fully saturated rings. The van der Waals surface area contributed by atoms with E-state index in [9.17, 15) is 10.1 Å². The Morgan fingerprint density at radius 3 is 1.85 bits per heavy atom. The molecular formula is C22H39N3O. The number of hydrogen-bond donors (Lipinski definition) is 1. The molecule has 4 heteroatoms. The van der Waals surface area contributed by atoms with Crippen LogP contribution in [-0.4, -0.2) is 29.9 Å². The third-order valence-corrected chi connectivity index (χ3v) is 5.14. The van der Waals surface area contributed by atoms with Crippen LogP contribution in [0.2, 0.25) is 0 Å². The highest BCUT2D eigenvalue weighted by Gasteiger charge is 2.16. The van der Waals surface area contributed by atoms with Gasteiger partial charge in [-0.3, -0.25) is 4.79 Å². The van der Waals surface area contributed by atoms with E-state index in [4.69, 9.17) is 0 Å². The van der Waals surface area contributed by atoms with Crippen LogP contribution in [-0.2, 0) is 4.79 Å². The van der Waals surface area contributed by atoms with E-state index < -0.39 is 0 Å². The smallest absolute Gasteiger partial charge is 0.263 e. The van der Waals surface area contributed by atoms with Crippen molar-refractivity contribution in [3.05, 3.63) is 11.8 Å². The maximum atomic E-state index is 12.6. The molecule has 0 heterocycles. The molecule has 0 aromatic rings. The first-order valence-corrected chi connectivity index (χ1v) is 10.9. The summed E-state index contributed by atoms with van der Waals surface area (Å²) in [6, 6.07) is 2.33. The fourth-order valence-electron chi connectivity index (χ4n) is 3.71. The predicted molar refractivity (Wildman–Crippen MR) is 109 cm³/mol. The van der Waals surface area contributed by atoms with Gasteiger partial charge in [-0.05, 0) is 25.7 Å². The Bertz CT molecular complexity index is 435. The highest BCUT2D eigenvalue weighted by Crippen LogP contribution is 2.17. The van der Waals surface area contributed by atoms with Crippen LogP contribution in [0.3, 0.4) is 0 Å². The first-order valence-electron chi connectivity index (χ1n) is 10.9. The van der Waals surface area contributed by atoms with E-state index in [1.807, 2.05) is 0 Å². The summed E-state index contributed by atoms with van der Waals surface area (Å²) in [7, 11) is 0. The number of carbonyl (C=O) groups excluding carboxylic acids is 1. The molecule has 1 aliphatic carbocycles. The minimum atomic E-state index is -0.193. The average Bonchev–Trinajstić information content (AvgIpc) is 2.62. The topological polar surface area (TPSA) is 56.1 Å². The monoisotopic (exact) mass is 361 g/mol. The minimum absolute atomic E-state index is 0.193. The Morgan fingerprint density at radius 1 is 0.962 bits per heavy atom. The van der Waals surface area contributed by atoms with E-state index in [2.05, 4.69) is 30.1 Å². The molecule has 0 atom stereocenters. The molecule has 0 aromatic carbocycles. The highest BCUT2D eigenvalue weighted by molar-refractivity contribution is 5.97. The molecule has 4 nitrogen and oxygen atoms in total. The number of carbonyl (C=O) groups is 1. The predicted octanol–water partition coefficient (Wildman–Crippen LogP) is 5.31. The van der Waals surface area contributed by atoms with Gasteiger partial charge in [0, 0.05) is 25.3 Å². The Kier molecular flexibility index (Phi) is 12.7. The lowest BCUT2D eigenvalue weighted by Crippen LogP contribution is -2.36. The van der Waals surface area contributed by atoms with Gasteiger partial charge in [0.25, 0.3) is 5.91 Å². The Morgan fingerprint density at radius 2 is 1.42 bits per heavy atom. The van der Waals surface area contributed by atoms with Crippen LogP contribution in [0.15, 0.2) is 11.8 Å². The number of rotatable bonds is 7. The summed E-state index contributed by atoms with van der Waals surface area (Å²) < 4.78 is 0. The van der Waals surface area contributed by atoms with Crippen molar-refractivity contribution in [2.75, 3.05) is 13.1 Å². The molecule has 0 aliphatic heterocycles. The second kappa shape index (κ2) is 14.6. The fraction of sp³-hybridized carbons (Fsp3) is 0.818.